The third-order valence-electron chi connectivity index (χ3n) is 5.58. The van der Waals surface area contributed by atoms with Gasteiger partial charge in [-0.3, -0.25) is 9.59 Å². The van der Waals surface area contributed by atoms with Crippen LogP contribution in [0.4, 0.5) is 0 Å². The van der Waals surface area contributed by atoms with Gasteiger partial charge in [0, 0.05) is 32.6 Å². The summed E-state index contributed by atoms with van der Waals surface area (Å²) in [4.78, 5) is 27.4. The summed E-state index contributed by atoms with van der Waals surface area (Å²) in [6, 6.07) is 2.09. The minimum atomic E-state index is -0.292. The second-order valence-corrected chi connectivity index (χ2v) is 7.44. The maximum Gasteiger partial charge on any atom is 0.239 e. The van der Waals surface area contributed by atoms with Crippen LogP contribution in [0.2, 0.25) is 0 Å². The molecular formula is C16H23ClN4O2. The third-order valence-corrected chi connectivity index (χ3v) is 5.97. The molecule has 1 saturated carbocycles. The Balaban J connectivity index is 1.51. The van der Waals surface area contributed by atoms with Crippen molar-refractivity contribution in [3.63, 3.8) is 0 Å². The van der Waals surface area contributed by atoms with Crippen LogP contribution in [-0.2, 0) is 9.59 Å². The zero-order valence-electron chi connectivity index (χ0n) is 13.4. The summed E-state index contributed by atoms with van der Waals surface area (Å²) in [6.45, 7) is 4.08. The lowest BCUT2D eigenvalue weighted by Crippen LogP contribution is -2.42. The minimum absolute atomic E-state index is 0.0496. The Bertz CT molecular complexity index is 521. The molecule has 3 rings (SSSR count). The van der Waals surface area contributed by atoms with Crippen molar-refractivity contribution in [1.82, 2.24) is 14.2 Å². The largest absolute Gasteiger partial charge is 0.342 e. The number of carbonyl (C=O) groups is 2. The van der Waals surface area contributed by atoms with E-state index in [2.05, 4.69) is 6.07 Å². The fraction of sp³-hybridized carbons (Fsp3) is 0.812. The van der Waals surface area contributed by atoms with E-state index in [1.807, 2.05) is 4.90 Å². The van der Waals surface area contributed by atoms with Gasteiger partial charge in [-0.1, -0.05) is 0 Å². The van der Waals surface area contributed by atoms with Crippen molar-refractivity contribution in [3.05, 3.63) is 0 Å². The maximum atomic E-state index is 12.4. The second kappa shape index (κ2) is 6.66. The monoisotopic (exact) mass is 338 g/mol. The van der Waals surface area contributed by atoms with Gasteiger partial charge in [-0.15, -0.1) is 0 Å². The van der Waals surface area contributed by atoms with Crippen molar-refractivity contribution in [2.75, 3.05) is 26.2 Å². The molecule has 2 amide bonds. The van der Waals surface area contributed by atoms with Crippen molar-refractivity contribution in [2.45, 2.75) is 44.7 Å². The van der Waals surface area contributed by atoms with Gasteiger partial charge < -0.3 is 9.80 Å². The quantitative estimate of drug-likeness (QED) is 0.725. The van der Waals surface area contributed by atoms with E-state index >= 15 is 0 Å². The van der Waals surface area contributed by atoms with Crippen molar-refractivity contribution in [2.24, 2.45) is 11.8 Å². The van der Waals surface area contributed by atoms with Crippen LogP contribution < -0.4 is 0 Å². The molecule has 0 aromatic rings. The standard InChI is InChI=1S/C16H23ClN4O2/c1-11(22)19-8-12-5-15(6-13(12)9-19)21(17)10-16(23)20-4-2-3-14(20)7-18/h12-15H,2-6,8-10H2,1H3/t12-,13+,14?,15?. The molecule has 0 radical (unpaired) electrons. The zero-order valence-corrected chi connectivity index (χ0v) is 14.2. The number of amides is 2. The molecule has 3 aliphatic rings. The van der Waals surface area contributed by atoms with E-state index in [0.717, 1.165) is 38.8 Å². The average Bonchev–Trinajstić information content (AvgIpc) is 3.20. The van der Waals surface area contributed by atoms with Gasteiger partial charge in [-0.25, -0.2) is 4.42 Å². The number of hydrogen-bond acceptors (Lipinski definition) is 4. The van der Waals surface area contributed by atoms with Crippen LogP contribution in [0.5, 0.6) is 0 Å². The Morgan fingerprint density at radius 3 is 2.52 bits per heavy atom. The van der Waals surface area contributed by atoms with E-state index in [1.165, 1.54) is 0 Å². The molecular weight excluding hydrogens is 316 g/mol. The van der Waals surface area contributed by atoms with Crippen LogP contribution >= 0.6 is 11.8 Å². The smallest absolute Gasteiger partial charge is 0.239 e. The molecule has 0 bridgehead atoms. The van der Waals surface area contributed by atoms with E-state index in [4.69, 9.17) is 17.0 Å². The third kappa shape index (κ3) is 3.31. The van der Waals surface area contributed by atoms with Gasteiger partial charge in [0.05, 0.1) is 12.6 Å². The summed E-state index contributed by atoms with van der Waals surface area (Å²) >= 11 is 6.38. The summed E-state index contributed by atoms with van der Waals surface area (Å²) in [5, 5.41) is 9.09. The molecule has 0 N–H and O–H groups in total. The Morgan fingerprint density at radius 1 is 1.30 bits per heavy atom. The lowest BCUT2D eigenvalue weighted by molar-refractivity contribution is -0.131. The molecule has 7 heteroatoms. The second-order valence-electron chi connectivity index (χ2n) is 7.00. The Hall–Kier alpha value is -1.32. The molecule has 2 heterocycles. The highest BCUT2D eigenvalue weighted by molar-refractivity contribution is 6.14. The Morgan fingerprint density at radius 2 is 1.96 bits per heavy atom. The SMILES string of the molecule is CC(=O)N1C[C@H]2CC(N(Cl)CC(=O)N3CCCC3C#N)C[C@H]2C1. The van der Waals surface area contributed by atoms with Gasteiger partial charge in [-0.05, 0) is 49.3 Å². The number of halogens is 1. The molecule has 2 saturated heterocycles. The number of nitriles is 1. The molecule has 2 aliphatic heterocycles. The zero-order chi connectivity index (χ0) is 16.6. The first-order valence-electron chi connectivity index (χ1n) is 8.36. The van der Waals surface area contributed by atoms with Crippen molar-refractivity contribution in [1.29, 1.82) is 5.26 Å². The summed E-state index contributed by atoms with van der Waals surface area (Å²) in [7, 11) is 0. The molecule has 23 heavy (non-hydrogen) atoms. The van der Waals surface area contributed by atoms with Gasteiger partial charge in [0.2, 0.25) is 11.8 Å². The lowest BCUT2D eigenvalue weighted by atomic mass is 10.0. The molecule has 126 valence electrons. The van der Waals surface area contributed by atoms with E-state index in [-0.39, 0.29) is 30.4 Å². The highest BCUT2D eigenvalue weighted by atomic mass is 35.5. The molecule has 0 aromatic carbocycles. The predicted molar refractivity (Wildman–Crippen MR) is 85.2 cm³/mol. The summed E-state index contributed by atoms with van der Waals surface area (Å²) < 4.78 is 1.63. The normalized spacial score (nSPS) is 33.1. The number of likely N-dealkylation sites (tertiary alicyclic amines) is 2. The number of nitrogens with zero attached hydrogens (tertiary/aromatic N) is 4. The average molecular weight is 339 g/mol. The first-order chi connectivity index (χ1) is 11.0. The van der Waals surface area contributed by atoms with Gasteiger partial charge in [0.1, 0.15) is 6.04 Å². The van der Waals surface area contributed by atoms with Crippen molar-refractivity contribution in [3.8, 4) is 6.07 Å². The molecule has 6 nitrogen and oxygen atoms in total. The van der Waals surface area contributed by atoms with Crippen LogP contribution in [0.25, 0.3) is 0 Å². The number of fused-ring (bicyclic) bond motifs is 1. The van der Waals surface area contributed by atoms with E-state index in [1.54, 1.807) is 16.2 Å². The summed E-state index contributed by atoms with van der Waals surface area (Å²) in [5.74, 6) is 1.09. The molecule has 0 spiro atoms. The molecule has 0 aromatic heterocycles. The van der Waals surface area contributed by atoms with Crippen LogP contribution in [0.15, 0.2) is 0 Å². The van der Waals surface area contributed by atoms with Crippen molar-refractivity contribution >= 4 is 23.6 Å². The molecule has 2 unspecified atom stereocenters. The fourth-order valence-electron chi connectivity index (χ4n) is 4.30. The number of hydrogen-bond donors (Lipinski definition) is 0. The topological polar surface area (TPSA) is 67.7 Å². The maximum absolute atomic E-state index is 12.4. The van der Waals surface area contributed by atoms with Crippen LogP contribution in [0.3, 0.4) is 0 Å². The van der Waals surface area contributed by atoms with Crippen LogP contribution in [0, 0.1) is 23.2 Å². The molecule has 3 fully saturated rings. The highest BCUT2D eigenvalue weighted by Gasteiger charge is 2.43. The Labute approximate surface area is 142 Å². The first kappa shape index (κ1) is 16.5. The van der Waals surface area contributed by atoms with Gasteiger partial charge in [-0.2, -0.15) is 5.26 Å². The van der Waals surface area contributed by atoms with E-state index < -0.39 is 0 Å². The lowest BCUT2D eigenvalue weighted by Gasteiger charge is -2.26. The summed E-state index contributed by atoms with van der Waals surface area (Å²) in [6.07, 6.45) is 3.53. The highest BCUT2D eigenvalue weighted by Crippen LogP contribution is 2.40. The van der Waals surface area contributed by atoms with Gasteiger partial charge in [0.25, 0.3) is 0 Å². The predicted octanol–water partition coefficient (Wildman–Crippen LogP) is 1.21. The molecule has 4 atom stereocenters. The van der Waals surface area contributed by atoms with Crippen LogP contribution in [-0.4, -0.2) is 64.3 Å². The number of rotatable bonds is 3. The van der Waals surface area contributed by atoms with Crippen LogP contribution in [0.1, 0.15) is 32.6 Å². The Kier molecular flexibility index (Phi) is 4.79. The van der Waals surface area contributed by atoms with Gasteiger partial charge >= 0.3 is 0 Å². The first-order valence-corrected chi connectivity index (χ1v) is 8.70. The molecule has 1 aliphatic carbocycles. The van der Waals surface area contributed by atoms with Gasteiger partial charge in [0.15, 0.2) is 0 Å². The number of carbonyl (C=O) groups excluding carboxylic acids is 2. The van der Waals surface area contributed by atoms with E-state index in [0.29, 0.717) is 18.4 Å². The fourth-order valence-corrected chi connectivity index (χ4v) is 4.56. The minimum Gasteiger partial charge on any atom is -0.342 e. The van der Waals surface area contributed by atoms with Crippen molar-refractivity contribution < 1.29 is 9.59 Å². The van der Waals surface area contributed by atoms with E-state index in [9.17, 15) is 9.59 Å². The summed E-state index contributed by atoms with van der Waals surface area (Å²) in [5.41, 5.74) is 0.